The molecule has 0 bridgehead atoms. The molecule has 7 heteroatoms. The van der Waals surface area contributed by atoms with E-state index in [1.165, 1.54) is 11.9 Å². The van der Waals surface area contributed by atoms with Gasteiger partial charge in [0, 0.05) is 30.1 Å². The van der Waals surface area contributed by atoms with Crippen LogP contribution >= 0.6 is 0 Å². The number of nitrogens with zero attached hydrogens (tertiary/aromatic N) is 3. The lowest BCUT2D eigenvalue weighted by Crippen LogP contribution is -2.60. The van der Waals surface area contributed by atoms with Crippen molar-refractivity contribution in [3.8, 4) is 11.8 Å². The molecule has 3 amide bonds. The SMILES string of the molecule is Cc1ccc([C@]2(C)CC(=O)N(c3c(F)cc(C#Cc4ccccc4)cc3F)C(=O)N2C)cn1. The first-order chi connectivity index (χ1) is 15.7. The zero-order valence-corrected chi connectivity index (χ0v) is 18.4. The van der Waals surface area contributed by atoms with Crippen LogP contribution in [0.2, 0.25) is 0 Å². The number of anilines is 1. The minimum absolute atomic E-state index is 0.0958. The summed E-state index contributed by atoms with van der Waals surface area (Å²) in [6.07, 6.45) is 1.44. The predicted molar refractivity (Wildman–Crippen MR) is 120 cm³/mol. The summed E-state index contributed by atoms with van der Waals surface area (Å²) in [6, 6.07) is 13.8. The quantitative estimate of drug-likeness (QED) is 0.534. The average molecular weight is 445 g/mol. The molecule has 0 radical (unpaired) electrons. The van der Waals surface area contributed by atoms with Crippen LogP contribution in [0.4, 0.5) is 19.3 Å². The van der Waals surface area contributed by atoms with E-state index in [-0.39, 0.29) is 12.0 Å². The molecule has 1 fully saturated rings. The van der Waals surface area contributed by atoms with E-state index in [2.05, 4.69) is 16.8 Å². The highest BCUT2D eigenvalue weighted by Gasteiger charge is 2.47. The molecule has 166 valence electrons. The lowest BCUT2D eigenvalue weighted by Gasteiger charge is -2.45. The third-order valence-corrected chi connectivity index (χ3v) is 5.86. The van der Waals surface area contributed by atoms with Crippen molar-refractivity contribution >= 4 is 17.6 Å². The van der Waals surface area contributed by atoms with Crippen LogP contribution in [0.1, 0.15) is 35.7 Å². The summed E-state index contributed by atoms with van der Waals surface area (Å²) in [4.78, 5) is 32.3. The summed E-state index contributed by atoms with van der Waals surface area (Å²) >= 11 is 0. The van der Waals surface area contributed by atoms with E-state index in [0.717, 1.165) is 17.8 Å². The van der Waals surface area contributed by atoms with E-state index < -0.39 is 34.8 Å². The fourth-order valence-corrected chi connectivity index (χ4v) is 3.78. The van der Waals surface area contributed by atoms with Crippen LogP contribution < -0.4 is 4.90 Å². The highest BCUT2D eigenvalue weighted by atomic mass is 19.1. The number of imide groups is 1. The minimum Gasteiger partial charge on any atom is -0.317 e. The van der Waals surface area contributed by atoms with Crippen LogP contribution in [-0.4, -0.2) is 28.9 Å². The van der Waals surface area contributed by atoms with Crippen LogP contribution in [0, 0.1) is 30.4 Å². The molecule has 1 saturated heterocycles. The molecule has 1 atom stereocenters. The lowest BCUT2D eigenvalue weighted by molar-refractivity contribution is -0.122. The fourth-order valence-electron chi connectivity index (χ4n) is 3.78. The third-order valence-electron chi connectivity index (χ3n) is 5.86. The summed E-state index contributed by atoms with van der Waals surface area (Å²) in [7, 11) is 1.50. The van der Waals surface area contributed by atoms with Crippen LogP contribution in [0.3, 0.4) is 0 Å². The Labute approximate surface area is 190 Å². The van der Waals surface area contributed by atoms with E-state index in [1.807, 2.05) is 13.0 Å². The zero-order valence-electron chi connectivity index (χ0n) is 18.4. The second-order valence-corrected chi connectivity index (χ2v) is 8.11. The van der Waals surface area contributed by atoms with Crippen molar-refractivity contribution in [3.05, 3.63) is 94.8 Å². The number of benzene rings is 2. The number of urea groups is 1. The molecule has 3 aromatic rings. The van der Waals surface area contributed by atoms with Gasteiger partial charge in [0.1, 0.15) is 5.69 Å². The van der Waals surface area contributed by atoms with Crippen molar-refractivity contribution < 1.29 is 18.4 Å². The average Bonchev–Trinajstić information content (AvgIpc) is 2.79. The Bertz CT molecular complexity index is 1270. The Morgan fingerprint density at radius 3 is 2.21 bits per heavy atom. The first-order valence-electron chi connectivity index (χ1n) is 10.3. The maximum atomic E-state index is 15.0. The second kappa shape index (κ2) is 8.47. The maximum absolute atomic E-state index is 15.0. The standard InChI is InChI=1S/C26H21F2N3O2/c1-17-9-12-20(16-29-17)26(2)15-23(32)31(25(33)30(26)3)24-21(27)13-19(14-22(24)28)11-10-18-7-5-4-6-8-18/h4-9,12-14,16H,15H2,1-3H3/t26-/m0/s1. The Morgan fingerprint density at radius 2 is 1.61 bits per heavy atom. The van der Waals surface area contributed by atoms with Gasteiger partial charge in [-0.2, -0.15) is 0 Å². The molecule has 1 aromatic heterocycles. The van der Waals surface area contributed by atoms with Gasteiger partial charge in [0.25, 0.3) is 0 Å². The van der Waals surface area contributed by atoms with Gasteiger partial charge in [-0.1, -0.05) is 36.1 Å². The van der Waals surface area contributed by atoms with Crippen molar-refractivity contribution in [2.45, 2.75) is 25.8 Å². The van der Waals surface area contributed by atoms with E-state index in [9.17, 15) is 18.4 Å². The predicted octanol–water partition coefficient (Wildman–Crippen LogP) is 4.77. The van der Waals surface area contributed by atoms with Gasteiger partial charge >= 0.3 is 6.03 Å². The summed E-state index contributed by atoms with van der Waals surface area (Å²) in [5.41, 5.74) is 0.531. The van der Waals surface area contributed by atoms with Gasteiger partial charge in [0.2, 0.25) is 5.91 Å². The highest BCUT2D eigenvalue weighted by Crippen LogP contribution is 2.38. The normalized spacial score (nSPS) is 18.2. The second-order valence-electron chi connectivity index (χ2n) is 8.11. The first kappa shape index (κ1) is 22.2. The molecule has 0 N–H and O–H groups in total. The summed E-state index contributed by atoms with van der Waals surface area (Å²) in [6.45, 7) is 3.55. The molecule has 0 aliphatic carbocycles. The maximum Gasteiger partial charge on any atom is 0.332 e. The molecule has 1 aliphatic rings. The number of aromatic nitrogens is 1. The van der Waals surface area contributed by atoms with Gasteiger partial charge < -0.3 is 4.90 Å². The van der Waals surface area contributed by atoms with Gasteiger partial charge in [0.15, 0.2) is 11.6 Å². The van der Waals surface area contributed by atoms with Gasteiger partial charge in [-0.3, -0.25) is 9.78 Å². The van der Waals surface area contributed by atoms with E-state index >= 15 is 0 Å². The van der Waals surface area contributed by atoms with Gasteiger partial charge in [0.05, 0.1) is 12.0 Å². The number of carbonyl (C=O) groups excluding carboxylic acids is 2. The van der Waals surface area contributed by atoms with E-state index in [4.69, 9.17) is 0 Å². The summed E-state index contributed by atoms with van der Waals surface area (Å²) in [5.74, 6) is 2.75. The number of halogens is 2. The van der Waals surface area contributed by atoms with Gasteiger partial charge in [-0.15, -0.1) is 0 Å². The number of amides is 3. The summed E-state index contributed by atoms with van der Waals surface area (Å²) in [5, 5.41) is 0. The zero-order chi connectivity index (χ0) is 23.8. The molecule has 1 aliphatic heterocycles. The molecule has 5 nitrogen and oxygen atoms in total. The van der Waals surface area contributed by atoms with Crippen molar-refractivity contribution in [2.75, 3.05) is 11.9 Å². The van der Waals surface area contributed by atoms with E-state index in [1.54, 1.807) is 49.5 Å². The molecule has 2 aromatic carbocycles. The van der Waals surface area contributed by atoms with Crippen molar-refractivity contribution in [1.29, 1.82) is 0 Å². The lowest BCUT2D eigenvalue weighted by atomic mass is 9.85. The Morgan fingerprint density at radius 1 is 0.970 bits per heavy atom. The number of carbonyl (C=O) groups is 2. The number of hydrogen-bond donors (Lipinski definition) is 0. The Kier molecular flexibility index (Phi) is 5.69. The van der Waals surface area contributed by atoms with Crippen LogP contribution in [0.15, 0.2) is 60.8 Å². The largest absolute Gasteiger partial charge is 0.332 e. The van der Waals surface area contributed by atoms with Crippen LogP contribution in [-0.2, 0) is 10.3 Å². The highest BCUT2D eigenvalue weighted by molar-refractivity contribution is 6.16. The molecule has 4 rings (SSSR count). The fraction of sp³-hybridized carbons (Fsp3) is 0.192. The number of hydrogen-bond acceptors (Lipinski definition) is 3. The Hall–Kier alpha value is -4.05. The molecule has 0 unspecified atom stereocenters. The molecular formula is C26H21F2N3O2. The van der Waals surface area contributed by atoms with Crippen LogP contribution in [0.5, 0.6) is 0 Å². The number of aryl methyl sites for hydroxylation is 1. The van der Waals surface area contributed by atoms with Crippen LogP contribution in [0.25, 0.3) is 0 Å². The first-order valence-corrected chi connectivity index (χ1v) is 10.3. The summed E-state index contributed by atoms with van der Waals surface area (Å²) < 4.78 is 29.9. The molecule has 2 heterocycles. The smallest absolute Gasteiger partial charge is 0.317 e. The van der Waals surface area contributed by atoms with Crippen molar-refractivity contribution in [1.82, 2.24) is 9.88 Å². The minimum atomic E-state index is -1.04. The third kappa shape index (κ3) is 4.08. The van der Waals surface area contributed by atoms with Crippen molar-refractivity contribution in [3.63, 3.8) is 0 Å². The van der Waals surface area contributed by atoms with Crippen molar-refractivity contribution in [2.24, 2.45) is 0 Å². The monoisotopic (exact) mass is 445 g/mol. The molecule has 0 spiro atoms. The molecule has 33 heavy (non-hydrogen) atoms. The number of pyridine rings is 1. The molecular weight excluding hydrogens is 424 g/mol. The topological polar surface area (TPSA) is 53.5 Å². The van der Waals surface area contributed by atoms with Gasteiger partial charge in [-0.05, 0) is 49.7 Å². The van der Waals surface area contributed by atoms with E-state index in [0.29, 0.717) is 16.0 Å². The Balaban J connectivity index is 1.67. The van der Waals surface area contributed by atoms with Gasteiger partial charge in [-0.25, -0.2) is 18.5 Å². The molecule has 0 saturated carbocycles. The number of rotatable bonds is 2.